The molecule has 3 rings (SSSR count). The molecule has 1 aromatic heterocycles. The molecule has 3 aromatic rings. The Morgan fingerprint density at radius 1 is 1.09 bits per heavy atom. The van der Waals surface area contributed by atoms with E-state index in [2.05, 4.69) is 28.2 Å². The maximum Gasteiger partial charge on any atom is 0.341 e. The van der Waals surface area contributed by atoms with Crippen molar-refractivity contribution in [1.29, 1.82) is 0 Å². The lowest BCUT2D eigenvalue weighted by Gasteiger charge is -2.10. The predicted molar refractivity (Wildman–Crippen MR) is 137 cm³/mol. The third-order valence-corrected chi connectivity index (χ3v) is 6.61. The zero-order chi connectivity index (χ0) is 23.8. The van der Waals surface area contributed by atoms with Crippen LogP contribution in [0.4, 0.5) is 5.00 Å². The Bertz CT molecular complexity index is 1110. The zero-order valence-electron chi connectivity index (χ0n) is 19.1. The van der Waals surface area contributed by atoms with Crippen LogP contribution in [0.5, 0.6) is 5.75 Å². The second kappa shape index (κ2) is 12.0. The molecule has 174 valence electrons. The van der Waals surface area contributed by atoms with E-state index in [9.17, 15) is 9.59 Å². The number of hydrogen-bond donors (Lipinski definition) is 1. The van der Waals surface area contributed by atoms with Gasteiger partial charge in [-0.25, -0.2) is 4.79 Å². The highest BCUT2D eigenvalue weighted by molar-refractivity contribution is 9.10. The maximum atomic E-state index is 12.7. The standard InChI is InChI=1S/C26H28BrNO4S/c1-4-18-10-13-22(21(27)15-18)32-14-6-7-23(29)28-25-24(26(30)31-5-2)20(16-33-25)19-11-8-17(3)9-12-19/h8-13,15-16H,4-7,14H2,1-3H3,(H,28,29). The Labute approximate surface area is 207 Å². The molecular weight excluding hydrogens is 502 g/mol. The van der Waals surface area contributed by atoms with Crippen molar-refractivity contribution in [2.45, 2.75) is 40.0 Å². The summed E-state index contributed by atoms with van der Waals surface area (Å²) in [4.78, 5) is 25.2. The Balaban J connectivity index is 1.63. The van der Waals surface area contributed by atoms with E-state index >= 15 is 0 Å². The molecule has 5 nitrogen and oxygen atoms in total. The number of carbonyl (C=O) groups excluding carboxylic acids is 2. The summed E-state index contributed by atoms with van der Waals surface area (Å²) >= 11 is 4.86. The van der Waals surface area contributed by atoms with Crippen LogP contribution in [0.2, 0.25) is 0 Å². The molecule has 0 saturated heterocycles. The monoisotopic (exact) mass is 529 g/mol. The van der Waals surface area contributed by atoms with E-state index in [1.54, 1.807) is 6.92 Å². The number of esters is 1. The molecule has 33 heavy (non-hydrogen) atoms. The smallest absolute Gasteiger partial charge is 0.341 e. The first-order valence-electron chi connectivity index (χ1n) is 11.0. The molecule has 0 aliphatic heterocycles. The number of carbonyl (C=O) groups is 2. The molecule has 0 bridgehead atoms. The van der Waals surface area contributed by atoms with Gasteiger partial charge in [-0.1, -0.05) is 42.8 Å². The molecule has 0 atom stereocenters. The highest BCUT2D eigenvalue weighted by Crippen LogP contribution is 2.36. The average Bonchev–Trinajstić information content (AvgIpc) is 3.21. The lowest BCUT2D eigenvalue weighted by Crippen LogP contribution is -2.15. The van der Waals surface area contributed by atoms with Gasteiger partial charge < -0.3 is 14.8 Å². The van der Waals surface area contributed by atoms with Gasteiger partial charge in [-0.15, -0.1) is 11.3 Å². The molecule has 0 unspecified atom stereocenters. The third kappa shape index (κ3) is 6.68. The highest BCUT2D eigenvalue weighted by atomic mass is 79.9. The first kappa shape index (κ1) is 25.0. The zero-order valence-corrected chi connectivity index (χ0v) is 21.5. The first-order chi connectivity index (χ1) is 15.9. The summed E-state index contributed by atoms with van der Waals surface area (Å²) in [5.74, 6) is 0.161. The summed E-state index contributed by atoms with van der Waals surface area (Å²) in [6, 6.07) is 13.9. The largest absolute Gasteiger partial charge is 0.492 e. The van der Waals surface area contributed by atoms with Crippen LogP contribution in [0.15, 0.2) is 52.3 Å². The van der Waals surface area contributed by atoms with Gasteiger partial charge in [0.15, 0.2) is 0 Å². The van der Waals surface area contributed by atoms with Crippen LogP contribution >= 0.6 is 27.3 Å². The summed E-state index contributed by atoms with van der Waals surface area (Å²) < 4.78 is 12.0. The number of benzene rings is 2. The highest BCUT2D eigenvalue weighted by Gasteiger charge is 2.22. The number of hydrogen-bond acceptors (Lipinski definition) is 5. The molecule has 0 fully saturated rings. The van der Waals surface area contributed by atoms with E-state index in [1.165, 1.54) is 16.9 Å². The van der Waals surface area contributed by atoms with Crippen LogP contribution < -0.4 is 10.1 Å². The van der Waals surface area contributed by atoms with Crippen LogP contribution in [-0.4, -0.2) is 25.1 Å². The van der Waals surface area contributed by atoms with Gasteiger partial charge in [-0.2, -0.15) is 0 Å². The minimum absolute atomic E-state index is 0.165. The number of rotatable bonds is 10. The number of halogens is 1. The predicted octanol–water partition coefficient (Wildman–Crippen LogP) is 7.02. The number of amides is 1. The fourth-order valence-electron chi connectivity index (χ4n) is 3.29. The summed E-state index contributed by atoms with van der Waals surface area (Å²) in [5.41, 5.74) is 4.43. The van der Waals surface area contributed by atoms with Crippen molar-refractivity contribution in [1.82, 2.24) is 0 Å². The Morgan fingerprint density at radius 3 is 2.52 bits per heavy atom. The van der Waals surface area contributed by atoms with Crippen molar-refractivity contribution in [2.24, 2.45) is 0 Å². The quantitative estimate of drug-likeness (QED) is 0.226. The molecule has 1 heterocycles. The Kier molecular flexibility index (Phi) is 9.09. The normalized spacial score (nSPS) is 10.7. The van der Waals surface area contributed by atoms with Gasteiger partial charge in [-0.05, 0) is 65.9 Å². The minimum atomic E-state index is -0.437. The van der Waals surface area contributed by atoms with Crippen molar-refractivity contribution in [3.63, 3.8) is 0 Å². The van der Waals surface area contributed by atoms with Crippen LogP contribution in [0.1, 0.15) is 48.2 Å². The fraction of sp³-hybridized carbons (Fsp3) is 0.308. The number of ether oxygens (including phenoxy) is 2. The van der Waals surface area contributed by atoms with E-state index in [1.807, 2.05) is 54.8 Å². The van der Waals surface area contributed by atoms with Gasteiger partial charge in [0.1, 0.15) is 16.3 Å². The van der Waals surface area contributed by atoms with Crippen LogP contribution in [0, 0.1) is 6.92 Å². The number of aryl methyl sites for hydroxylation is 2. The Hall–Kier alpha value is -2.64. The minimum Gasteiger partial charge on any atom is -0.492 e. The van der Waals surface area contributed by atoms with E-state index in [4.69, 9.17) is 9.47 Å². The van der Waals surface area contributed by atoms with Crippen molar-refractivity contribution in [2.75, 3.05) is 18.5 Å². The molecule has 0 aliphatic carbocycles. The summed E-state index contributed by atoms with van der Waals surface area (Å²) in [6.45, 7) is 6.56. The van der Waals surface area contributed by atoms with Crippen molar-refractivity contribution in [3.05, 3.63) is 69.0 Å². The van der Waals surface area contributed by atoms with E-state index in [-0.39, 0.29) is 18.9 Å². The van der Waals surface area contributed by atoms with Crippen LogP contribution in [0.3, 0.4) is 0 Å². The van der Waals surface area contributed by atoms with Gasteiger partial charge in [0.25, 0.3) is 0 Å². The van der Waals surface area contributed by atoms with E-state index < -0.39 is 5.97 Å². The molecule has 1 amide bonds. The molecule has 1 N–H and O–H groups in total. The van der Waals surface area contributed by atoms with Gasteiger partial charge in [-0.3, -0.25) is 4.79 Å². The lowest BCUT2D eigenvalue weighted by atomic mass is 10.0. The van der Waals surface area contributed by atoms with Gasteiger partial charge in [0.2, 0.25) is 5.91 Å². The van der Waals surface area contributed by atoms with Crippen LogP contribution in [-0.2, 0) is 16.0 Å². The summed E-state index contributed by atoms with van der Waals surface area (Å²) in [6.07, 6.45) is 1.80. The second-order valence-electron chi connectivity index (χ2n) is 7.56. The number of anilines is 1. The Morgan fingerprint density at radius 2 is 1.85 bits per heavy atom. The maximum absolute atomic E-state index is 12.7. The summed E-state index contributed by atoms with van der Waals surface area (Å²) in [5, 5.41) is 5.28. The van der Waals surface area contributed by atoms with Crippen molar-refractivity contribution >= 4 is 44.1 Å². The van der Waals surface area contributed by atoms with E-state index in [0.29, 0.717) is 23.6 Å². The lowest BCUT2D eigenvalue weighted by molar-refractivity contribution is -0.116. The number of thiophene rings is 1. The van der Waals surface area contributed by atoms with Gasteiger partial charge >= 0.3 is 5.97 Å². The SMILES string of the molecule is CCOC(=O)c1c(-c2ccc(C)cc2)csc1NC(=O)CCCOc1ccc(CC)cc1Br. The number of nitrogens with one attached hydrogen (secondary N) is 1. The average molecular weight is 530 g/mol. The fourth-order valence-corrected chi connectivity index (χ4v) is 4.80. The van der Waals surface area contributed by atoms with Crippen molar-refractivity contribution in [3.8, 4) is 16.9 Å². The molecule has 0 radical (unpaired) electrons. The molecule has 2 aromatic carbocycles. The van der Waals surface area contributed by atoms with Gasteiger partial charge in [0, 0.05) is 17.4 Å². The first-order valence-corrected chi connectivity index (χ1v) is 12.7. The third-order valence-electron chi connectivity index (χ3n) is 5.10. The van der Waals surface area contributed by atoms with E-state index in [0.717, 1.165) is 33.3 Å². The van der Waals surface area contributed by atoms with Crippen molar-refractivity contribution < 1.29 is 19.1 Å². The second-order valence-corrected chi connectivity index (χ2v) is 9.29. The topological polar surface area (TPSA) is 64.6 Å². The van der Waals surface area contributed by atoms with Gasteiger partial charge in [0.05, 0.1) is 17.7 Å². The summed E-state index contributed by atoms with van der Waals surface area (Å²) in [7, 11) is 0. The molecular formula is C26H28BrNO4S. The molecule has 7 heteroatoms. The molecule has 0 aliphatic rings. The molecule has 0 saturated carbocycles. The van der Waals surface area contributed by atoms with Crippen LogP contribution in [0.25, 0.3) is 11.1 Å². The molecule has 0 spiro atoms.